The van der Waals surface area contributed by atoms with E-state index in [0.29, 0.717) is 12.8 Å². The van der Waals surface area contributed by atoms with Gasteiger partial charge in [0.25, 0.3) is 0 Å². The van der Waals surface area contributed by atoms with E-state index >= 15 is 0 Å². The normalized spacial score (nSPS) is 16.9. The van der Waals surface area contributed by atoms with Gasteiger partial charge in [-0.3, -0.25) is 24.0 Å². The number of aliphatic carboxylic acids is 2. The number of carboxylic acids is 2. The van der Waals surface area contributed by atoms with Crippen LogP contribution in [0.4, 0.5) is 0 Å². The maximum absolute atomic E-state index is 12.9. The minimum Gasteiger partial charge on any atom is -0.481 e. The van der Waals surface area contributed by atoms with Gasteiger partial charge in [0.15, 0.2) is 0 Å². The topological polar surface area (TPSA) is 188 Å². The molecule has 0 rings (SSSR count). The lowest BCUT2D eigenvalue weighted by atomic mass is 9.94. The van der Waals surface area contributed by atoms with Gasteiger partial charge in [-0.05, 0) is 18.8 Å². The van der Waals surface area contributed by atoms with E-state index in [4.69, 9.17) is 15.9 Å². The van der Waals surface area contributed by atoms with Gasteiger partial charge in [-0.15, -0.1) is 0 Å². The monoisotopic (exact) mass is 430 g/mol. The first-order valence-electron chi connectivity index (χ1n) is 9.96. The van der Waals surface area contributed by atoms with Gasteiger partial charge in [0.1, 0.15) is 18.1 Å². The predicted molar refractivity (Wildman–Crippen MR) is 108 cm³/mol. The molecule has 0 spiro atoms. The highest BCUT2D eigenvalue weighted by molar-refractivity contribution is 5.94. The maximum Gasteiger partial charge on any atom is 0.325 e. The van der Waals surface area contributed by atoms with Crippen molar-refractivity contribution in [3.05, 3.63) is 0 Å². The fraction of sp³-hybridized carbons (Fsp3) is 0.737. The zero-order chi connectivity index (χ0) is 23.6. The number of nitrogens with one attached hydrogen (secondary N) is 3. The van der Waals surface area contributed by atoms with Gasteiger partial charge in [-0.2, -0.15) is 0 Å². The van der Waals surface area contributed by atoms with Crippen molar-refractivity contribution in [1.29, 1.82) is 0 Å². The summed E-state index contributed by atoms with van der Waals surface area (Å²) in [5.41, 5.74) is 5.57. The first-order chi connectivity index (χ1) is 13.8. The first kappa shape index (κ1) is 27.3. The Balaban J connectivity index is 5.48. The fourth-order valence-electron chi connectivity index (χ4n) is 2.55. The molecule has 0 aliphatic heterocycles. The van der Waals surface area contributed by atoms with Crippen molar-refractivity contribution in [1.82, 2.24) is 16.0 Å². The van der Waals surface area contributed by atoms with Crippen molar-refractivity contribution < 1.29 is 34.2 Å². The molecular weight excluding hydrogens is 396 g/mol. The lowest BCUT2D eigenvalue weighted by Gasteiger charge is -2.29. The van der Waals surface area contributed by atoms with Crippen LogP contribution in [-0.4, -0.2) is 64.0 Å². The van der Waals surface area contributed by atoms with Crippen molar-refractivity contribution in [3.8, 4) is 0 Å². The van der Waals surface area contributed by atoms with Crippen LogP contribution >= 0.6 is 0 Å². The molecule has 0 bridgehead atoms. The van der Waals surface area contributed by atoms with Crippen LogP contribution in [0.3, 0.4) is 0 Å². The van der Waals surface area contributed by atoms with Gasteiger partial charge in [0, 0.05) is 0 Å². The highest BCUT2D eigenvalue weighted by Gasteiger charge is 2.33. The molecule has 11 nitrogen and oxygen atoms in total. The Hall–Kier alpha value is -2.69. The maximum atomic E-state index is 12.9. The van der Waals surface area contributed by atoms with Crippen LogP contribution in [0.5, 0.6) is 0 Å². The second kappa shape index (κ2) is 12.8. The summed E-state index contributed by atoms with van der Waals surface area (Å²) in [6.45, 7) is 8.38. The number of carboxylic acid groups (broad SMARTS) is 2. The number of nitrogens with two attached hydrogens (primary N) is 1. The number of carbonyl (C=O) groups excluding carboxylic acids is 3. The van der Waals surface area contributed by atoms with Crippen LogP contribution < -0.4 is 21.7 Å². The molecule has 6 unspecified atom stereocenters. The minimum absolute atomic E-state index is 0.308. The SMILES string of the molecule is CCC(C)C(NC(=O)C(N)CC(=O)O)C(=O)NC(C(=O)NC(C)C(=O)O)C(C)CC. The summed E-state index contributed by atoms with van der Waals surface area (Å²) in [6.07, 6.45) is 0.456. The summed E-state index contributed by atoms with van der Waals surface area (Å²) >= 11 is 0. The number of amides is 3. The van der Waals surface area contributed by atoms with E-state index in [9.17, 15) is 24.0 Å². The van der Waals surface area contributed by atoms with Gasteiger partial charge in [-0.1, -0.05) is 40.5 Å². The third kappa shape index (κ3) is 8.76. The summed E-state index contributed by atoms with van der Waals surface area (Å²) < 4.78 is 0. The zero-order valence-electron chi connectivity index (χ0n) is 18.1. The van der Waals surface area contributed by atoms with Gasteiger partial charge in [-0.25, -0.2) is 0 Å². The molecule has 0 aromatic heterocycles. The molecule has 30 heavy (non-hydrogen) atoms. The Morgan fingerprint density at radius 2 is 1.17 bits per heavy atom. The summed E-state index contributed by atoms with van der Waals surface area (Å²) in [7, 11) is 0. The number of carbonyl (C=O) groups is 5. The Morgan fingerprint density at radius 1 is 0.767 bits per heavy atom. The molecule has 0 saturated carbocycles. The second-order valence-corrected chi connectivity index (χ2v) is 7.52. The lowest BCUT2D eigenvalue weighted by Crippen LogP contribution is -2.59. The van der Waals surface area contributed by atoms with E-state index in [1.54, 1.807) is 13.8 Å². The molecular formula is C19H34N4O7. The molecule has 3 amide bonds. The quantitative estimate of drug-likeness (QED) is 0.224. The van der Waals surface area contributed by atoms with Crippen LogP contribution in [0.2, 0.25) is 0 Å². The van der Waals surface area contributed by atoms with Crippen molar-refractivity contribution >= 4 is 29.7 Å². The van der Waals surface area contributed by atoms with Crippen LogP contribution in [0.1, 0.15) is 53.9 Å². The van der Waals surface area contributed by atoms with E-state index in [-0.39, 0.29) is 11.8 Å². The first-order valence-corrected chi connectivity index (χ1v) is 9.96. The summed E-state index contributed by atoms with van der Waals surface area (Å²) in [6, 6.07) is -4.52. The molecule has 0 aliphatic rings. The van der Waals surface area contributed by atoms with Crippen LogP contribution in [0.25, 0.3) is 0 Å². The standard InChI is InChI=1S/C19H34N4O7/c1-6-9(3)14(17(27)21-11(5)19(29)30)23-18(28)15(10(4)7-2)22-16(26)12(20)8-13(24)25/h9-12,14-15H,6-8,20H2,1-5H3,(H,21,27)(H,22,26)(H,23,28)(H,24,25)(H,29,30). The molecule has 172 valence electrons. The number of hydrogen-bond donors (Lipinski definition) is 6. The number of rotatable bonds is 13. The van der Waals surface area contributed by atoms with Gasteiger partial charge in [0.05, 0.1) is 12.5 Å². The smallest absolute Gasteiger partial charge is 0.325 e. The minimum atomic E-state index is -1.33. The lowest BCUT2D eigenvalue weighted by molar-refractivity contribution is -0.142. The van der Waals surface area contributed by atoms with Crippen LogP contribution in [-0.2, 0) is 24.0 Å². The average molecular weight is 431 g/mol. The van der Waals surface area contributed by atoms with Gasteiger partial charge < -0.3 is 31.9 Å². The fourth-order valence-corrected chi connectivity index (χ4v) is 2.55. The van der Waals surface area contributed by atoms with E-state index in [1.165, 1.54) is 6.92 Å². The summed E-state index contributed by atoms with van der Waals surface area (Å²) in [5, 5.41) is 25.2. The highest BCUT2D eigenvalue weighted by atomic mass is 16.4. The highest BCUT2D eigenvalue weighted by Crippen LogP contribution is 2.13. The third-order valence-electron chi connectivity index (χ3n) is 5.05. The zero-order valence-corrected chi connectivity index (χ0v) is 18.1. The summed E-state index contributed by atoms with van der Waals surface area (Å²) in [4.78, 5) is 59.4. The van der Waals surface area contributed by atoms with E-state index in [0.717, 1.165) is 0 Å². The van der Waals surface area contributed by atoms with Crippen molar-refractivity contribution in [2.45, 2.75) is 78.0 Å². The summed E-state index contributed by atoms with van der Waals surface area (Å²) in [5.74, 6) is -5.17. The molecule has 6 atom stereocenters. The molecule has 0 radical (unpaired) electrons. The molecule has 0 aliphatic carbocycles. The predicted octanol–water partition coefficient (Wildman–Crippen LogP) is -0.560. The van der Waals surface area contributed by atoms with E-state index in [1.807, 2.05) is 13.8 Å². The molecule has 0 aromatic carbocycles. The second-order valence-electron chi connectivity index (χ2n) is 7.52. The molecule has 0 aromatic rings. The molecule has 0 saturated heterocycles. The molecule has 11 heteroatoms. The Labute approximate surface area is 176 Å². The Morgan fingerprint density at radius 3 is 1.53 bits per heavy atom. The molecule has 0 fully saturated rings. The number of hydrogen-bond acceptors (Lipinski definition) is 6. The van der Waals surface area contributed by atoms with E-state index < -0.39 is 60.2 Å². The van der Waals surface area contributed by atoms with Crippen molar-refractivity contribution in [3.63, 3.8) is 0 Å². The molecule has 0 heterocycles. The van der Waals surface area contributed by atoms with Crippen LogP contribution in [0, 0.1) is 11.8 Å². The Kier molecular flexibility index (Phi) is 11.6. The molecule has 7 N–H and O–H groups in total. The largest absolute Gasteiger partial charge is 0.481 e. The van der Waals surface area contributed by atoms with E-state index in [2.05, 4.69) is 16.0 Å². The third-order valence-corrected chi connectivity index (χ3v) is 5.05. The average Bonchev–Trinajstić information content (AvgIpc) is 2.67. The van der Waals surface area contributed by atoms with Gasteiger partial charge in [0.2, 0.25) is 17.7 Å². The van der Waals surface area contributed by atoms with Crippen molar-refractivity contribution in [2.75, 3.05) is 0 Å². The Bertz CT molecular complexity index is 640. The van der Waals surface area contributed by atoms with Crippen molar-refractivity contribution in [2.24, 2.45) is 17.6 Å². The van der Waals surface area contributed by atoms with Gasteiger partial charge >= 0.3 is 11.9 Å². The van der Waals surface area contributed by atoms with Crippen LogP contribution in [0.15, 0.2) is 0 Å².